The molecule has 1 aromatic heterocycles. The number of carbonyl (C=O) groups is 1. The molecule has 0 amide bonds. The molecular weight excluding hydrogens is 341 g/mol. The predicted octanol–water partition coefficient (Wildman–Crippen LogP) is 2.60. The first-order valence-electron chi connectivity index (χ1n) is 7.68. The van der Waals surface area contributed by atoms with Crippen molar-refractivity contribution in [1.29, 1.82) is 0 Å². The summed E-state index contributed by atoms with van der Waals surface area (Å²) in [6.07, 6.45) is 2.66. The van der Waals surface area contributed by atoms with Crippen LogP contribution in [-0.4, -0.2) is 29.0 Å². The quantitative estimate of drug-likeness (QED) is 0.802. The van der Waals surface area contributed by atoms with Crippen molar-refractivity contribution >= 4 is 28.7 Å². The van der Waals surface area contributed by atoms with Gasteiger partial charge in [0.15, 0.2) is 5.78 Å². The molecule has 0 saturated heterocycles. The van der Waals surface area contributed by atoms with Crippen LogP contribution >= 0.6 is 12.2 Å². The van der Waals surface area contributed by atoms with Crippen LogP contribution in [0.25, 0.3) is 0 Å². The number of Topliss-reactive ketones (excluding diaryl/α,β-unsaturated/α-hetero) is 1. The number of rotatable bonds is 5. The first kappa shape index (κ1) is 17.2. The number of pyridine rings is 1. The number of aromatic nitrogens is 1. The molecule has 0 saturated carbocycles. The average molecular weight is 357 g/mol. The number of halogens is 1. The molecule has 25 heavy (non-hydrogen) atoms. The largest absolute Gasteiger partial charge is 0.382 e. The molecular formula is C18H16FN3O2S. The highest BCUT2D eigenvalue weighted by atomic mass is 32.1. The molecule has 3 rings (SSSR count). The number of hydrogen-bond donors (Lipinski definition) is 2. The monoisotopic (exact) mass is 357 g/mol. The van der Waals surface area contributed by atoms with E-state index in [9.17, 15) is 9.18 Å². The highest BCUT2D eigenvalue weighted by Crippen LogP contribution is 2.16. The van der Waals surface area contributed by atoms with Crippen LogP contribution in [-0.2, 0) is 16.1 Å². The molecule has 1 aliphatic rings. The Morgan fingerprint density at radius 1 is 1.24 bits per heavy atom. The Labute approximate surface area is 149 Å². The van der Waals surface area contributed by atoms with E-state index in [4.69, 9.17) is 17.0 Å². The second-order valence-corrected chi connectivity index (χ2v) is 5.82. The van der Waals surface area contributed by atoms with E-state index in [1.54, 1.807) is 6.07 Å². The highest BCUT2D eigenvalue weighted by molar-refractivity contribution is 7.81. The number of ketones is 1. The summed E-state index contributed by atoms with van der Waals surface area (Å²) in [4.78, 5) is 16.3. The van der Waals surface area contributed by atoms with Crippen molar-refractivity contribution < 1.29 is 13.9 Å². The van der Waals surface area contributed by atoms with Crippen LogP contribution in [0.5, 0.6) is 0 Å². The maximum atomic E-state index is 13.7. The van der Waals surface area contributed by atoms with Gasteiger partial charge >= 0.3 is 0 Å². The smallest absolute Gasteiger partial charge is 0.193 e. The van der Waals surface area contributed by atoms with Gasteiger partial charge in [0.2, 0.25) is 0 Å². The lowest BCUT2D eigenvalue weighted by Gasteiger charge is -2.22. The van der Waals surface area contributed by atoms with Crippen molar-refractivity contribution in [2.75, 3.05) is 18.5 Å². The van der Waals surface area contributed by atoms with Crippen molar-refractivity contribution in [3.05, 3.63) is 71.4 Å². The molecule has 0 atom stereocenters. The van der Waals surface area contributed by atoms with E-state index in [1.165, 1.54) is 6.20 Å². The summed E-state index contributed by atoms with van der Waals surface area (Å²) in [6, 6.07) is 10.9. The molecule has 7 heteroatoms. The third-order valence-electron chi connectivity index (χ3n) is 3.67. The maximum absolute atomic E-state index is 13.7. The second-order valence-electron chi connectivity index (χ2n) is 5.41. The molecule has 0 radical (unpaired) electrons. The predicted molar refractivity (Wildman–Crippen MR) is 96.5 cm³/mol. The number of thiocarbonyl (C=S) groups is 1. The van der Waals surface area contributed by atoms with Gasteiger partial charge in [-0.2, -0.15) is 0 Å². The molecule has 0 bridgehead atoms. The molecule has 0 fully saturated rings. The van der Waals surface area contributed by atoms with Crippen molar-refractivity contribution in [1.82, 2.24) is 10.3 Å². The van der Waals surface area contributed by atoms with Gasteiger partial charge in [0.1, 0.15) is 17.4 Å². The van der Waals surface area contributed by atoms with E-state index in [0.717, 1.165) is 11.9 Å². The van der Waals surface area contributed by atoms with Crippen molar-refractivity contribution in [3.8, 4) is 0 Å². The summed E-state index contributed by atoms with van der Waals surface area (Å²) in [7, 11) is 0. The van der Waals surface area contributed by atoms with E-state index >= 15 is 0 Å². The molecule has 0 unspecified atom stereocenters. The van der Waals surface area contributed by atoms with E-state index in [-0.39, 0.29) is 25.5 Å². The molecule has 1 aliphatic heterocycles. The number of para-hydroxylation sites is 1. The van der Waals surface area contributed by atoms with Gasteiger partial charge in [0.25, 0.3) is 0 Å². The molecule has 2 aromatic rings. The molecule has 0 spiro atoms. The van der Waals surface area contributed by atoms with Crippen molar-refractivity contribution in [2.45, 2.75) is 6.54 Å². The molecule has 2 heterocycles. The first-order chi connectivity index (χ1) is 12.1. The molecule has 0 aliphatic carbocycles. The average Bonchev–Trinajstić information content (AvgIpc) is 2.62. The number of ether oxygens (including phenoxy) is 1. The number of nitrogens with one attached hydrogen (secondary N) is 2. The molecule has 128 valence electrons. The van der Waals surface area contributed by atoms with Crippen molar-refractivity contribution in [2.24, 2.45) is 0 Å². The summed E-state index contributed by atoms with van der Waals surface area (Å²) in [5.74, 6) is -0.623. The van der Waals surface area contributed by atoms with Crippen LogP contribution in [0.1, 0.15) is 5.56 Å². The van der Waals surface area contributed by atoms with Crippen LogP contribution in [0.2, 0.25) is 0 Å². The van der Waals surface area contributed by atoms with E-state index in [0.29, 0.717) is 21.8 Å². The Kier molecular flexibility index (Phi) is 5.47. The Balaban J connectivity index is 1.79. The van der Waals surface area contributed by atoms with Crippen LogP contribution in [0, 0.1) is 5.82 Å². The standard InChI is InChI=1S/C18H16FN3O2S/c19-14-9-20-7-6-12(14)8-21-15-10-24-11-16(23)17(15)18(25)22-13-4-2-1-3-5-13/h1-7,9,21H,8,10-11H2,(H,22,25). The second kappa shape index (κ2) is 7.96. The van der Waals surface area contributed by atoms with Gasteiger partial charge in [-0.3, -0.25) is 9.78 Å². The summed E-state index contributed by atoms with van der Waals surface area (Å²) >= 11 is 5.40. The van der Waals surface area contributed by atoms with Gasteiger partial charge in [-0.1, -0.05) is 30.4 Å². The minimum Gasteiger partial charge on any atom is -0.382 e. The van der Waals surface area contributed by atoms with Crippen LogP contribution in [0.3, 0.4) is 0 Å². The van der Waals surface area contributed by atoms with Gasteiger partial charge in [-0.05, 0) is 18.2 Å². The number of carbonyl (C=O) groups excluding carboxylic acids is 1. The molecule has 5 nitrogen and oxygen atoms in total. The SMILES string of the molecule is O=C1COCC(NCc2ccncc2F)=C1C(=S)Nc1ccccc1. The lowest BCUT2D eigenvalue weighted by molar-refractivity contribution is -0.120. The lowest BCUT2D eigenvalue weighted by atomic mass is 10.1. The molecule has 2 N–H and O–H groups in total. The fraction of sp³-hybridized carbons (Fsp3) is 0.167. The topological polar surface area (TPSA) is 63.2 Å². The van der Waals surface area contributed by atoms with E-state index in [1.807, 2.05) is 30.3 Å². The van der Waals surface area contributed by atoms with E-state index < -0.39 is 5.82 Å². The lowest BCUT2D eigenvalue weighted by Crippen LogP contribution is -2.34. The maximum Gasteiger partial charge on any atom is 0.193 e. The normalized spacial score (nSPS) is 14.4. The summed E-state index contributed by atoms with van der Waals surface area (Å²) in [5.41, 5.74) is 2.15. The van der Waals surface area contributed by atoms with E-state index in [2.05, 4.69) is 15.6 Å². The first-order valence-corrected chi connectivity index (χ1v) is 8.08. The van der Waals surface area contributed by atoms with Gasteiger partial charge < -0.3 is 15.4 Å². The van der Waals surface area contributed by atoms with Gasteiger partial charge in [0, 0.05) is 24.0 Å². The minimum absolute atomic E-state index is 0.0270. The zero-order valence-corrected chi connectivity index (χ0v) is 14.1. The third kappa shape index (κ3) is 4.26. The fourth-order valence-electron chi connectivity index (χ4n) is 2.43. The Morgan fingerprint density at radius 2 is 2.04 bits per heavy atom. The zero-order chi connectivity index (χ0) is 17.6. The fourth-order valence-corrected chi connectivity index (χ4v) is 2.78. The zero-order valence-electron chi connectivity index (χ0n) is 13.3. The highest BCUT2D eigenvalue weighted by Gasteiger charge is 2.25. The van der Waals surface area contributed by atoms with Gasteiger partial charge in [0.05, 0.1) is 24.1 Å². The summed E-state index contributed by atoms with van der Waals surface area (Å²) in [6.45, 7) is 0.392. The van der Waals surface area contributed by atoms with Crippen molar-refractivity contribution in [3.63, 3.8) is 0 Å². The van der Waals surface area contributed by atoms with Crippen LogP contribution in [0.15, 0.2) is 60.1 Å². The summed E-state index contributed by atoms with van der Waals surface area (Å²) in [5, 5.41) is 6.12. The number of hydrogen-bond acceptors (Lipinski definition) is 5. The van der Waals surface area contributed by atoms with Gasteiger partial charge in [-0.25, -0.2) is 4.39 Å². The Hall–Kier alpha value is -2.64. The number of nitrogens with zero attached hydrogens (tertiary/aromatic N) is 1. The minimum atomic E-state index is -0.412. The summed E-state index contributed by atoms with van der Waals surface area (Å²) < 4.78 is 19.0. The third-order valence-corrected chi connectivity index (χ3v) is 3.97. The van der Waals surface area contributed by atoms with Crippen LogP contribution in [0.4, 0.5) is 10.1 Å². The van der Waals surface area contributed by atoms with Gasteiger partial charge in [-0.15, -0.1) is 0 Å². The Bertz CT molecular complexity index is 824. The Morgan fingerprint density at radius 3 is 2.80 bits per heavy atom. The molecule has 1 aromatic carbocycles. The number of benzene rings is 1. The van der Waals surface area contributed by atoms with Crippen LogP contribution < -0.4 is 10.6 Å². The number of anilines is 1.